The van der Waals surface area contributed by atoms with Crippen molar-refractivity contribution in [3.8, 4) is 16.9 Å². The van der Waals surface area contributed by atoms with Crippen LogP contribution in [0.1, 0.15) is 30.1 Å². The molecular formula is C20H22N2O4S. The molecule has 0 amide bonds. The van der Waals surface area contributed by atoms with Crippen LogP contribution in [-0.4, -0.2) is 27.7 Å². The zero-order valence-electron chi connectivity index (χ0n) is 16.2. The number of hydrogen-bond acceptors (Lipinski definition) is 5. The van der Waals surface area contributed by atoms with Crippen LogP contribution in [-0.2, 0) is 10.3 Å². The second-order valence-corrected chi connectivity index (χ2v) is 8.26. The number of thiophene rings is 1. The van der Waals surface area contributed by atoms with Gasteiger partial charge in [-0.15, -0.1) is 11.3 Å². The first kappa shape index (κ1) is 19.1. The van der Waals surface area contributed by atoms with Crippen LogP contribution in [0.4, 0.5) is 0 Å². The molecule has 0 saturated carbocycles. The summed E-state index contributed by atoms with van der Waals surface area (Å²) in [6.45, 7) is 8.57. The number of rotatable bonds is 4. The van der Waals surface area contributed by atoms with Crippen molar-refractivity contribution in [3.63, 3.8) is 0 Å². The molecule has 0 fully saturated rings. The van der Waals surface area contributed by atoms with E-state index in [0.29, 0.717) is 16.0 Å². The predicted molar refractivity (Wildman–Crippen MR) is 107 cm³/mol. The molecule has 0 saturated heterocycles. The van der Waals surface area contributed by atoms with Gasteiger partial charge in [-0.25, -0.2) is 9.78 Å². The van der Waals surface area contributed by atoms with Crippen LogP contribution < -0.4 is 10.3 Å². The van der Waals surface area contributed by atoms with E-state index in [-0.39, 0.29) is 5.56 Å². The van der Waals surface area contributed by atoms with Crippen molar-refractivity contribution in [1.29, 1.82) is 0 Å². The number of aromatic nitrogens is 2. The molecule has 3 aromatic rings. The molecule has 6 nitrogen and oxygen atoms in total. The number of aryl methyl sites for hydroxylation is 3. The smallest absolute Gasteiger partial charge is 0.329 e. The molecule has 0 spiro atoms. The van der Waals surface area contributed by atoms with Gasteiger partial charge < -0.3 is 9.84 Å². The number of benzene rings is 1. The van der Waals surface area contributed by atoms with E-state index in [0.717, 1.165) is 27.3 Å². The fourth-order valence-electron chi connectivity index (χ4n) is 3.40. The Hall–Kier alpha value is -2.67. The Balaban J connectivity index is 2.39. The molecule has 0 aliphatic heterocycles. The Bertz CT molecular complexity index is 1130. The van der Waals surface area contributed by atoms with Crippen molar-refractivity contribution in [2.45, 2.75) is 40.2 Å². The van der Waals surface area contributed by atoms with Gasteiger partial charge >= 0.3 is 5.97 Å². The van der Waals surface area contributed by atoms with Gasteiger partial charge in [0.05, 0.1) is 12.5 Å². The Labute approximate surface area is 161 Å². The van der Waals surface area contributed by atoms with E-state index in [1.54, 1.807) is 14.0 Å². The monoisotopic (exact) mass is 386 g/mol. The highest BCUT2D eigenvalue weighted by molar-refractivity contribution is 7.19. The molecule has 2 heterocycles. The lowest BCUT2D eigenvalue weighted by atomic mass is 10.0. The standard InChI is InChI=1S/C20H22N2O4S/c1-10-9-13(7-8-14(10)26-6)15-11(2)27-17-16(15)18(23)22(12(3)21-17)20(4,5)19(24)25/h7-9H,1-6H3,(H,24,25). The van der Waals surface area contributed by atoms with Crippen LogP contribution in [0.5, 0.6) is 5.75 Å². The molecule has 3 rings (SSSR count). The highest BCUT2D eigenvalue weighted by Gasteiger charge is 2.33. The number of carboxylic acids is 1. The van der Waals surface area contributed by atoms with Gasteiger partial charge in [0.1, 0.15) is 21.9 Å². The van der Waals surface area contributed by atoms with Gasteiger partial charge in [0.15, 0.2) is 0 Å². The summed E-state index contributed by atoms with van der Waals surface area (Å²) in [6, 6.07) is 5.75. The summed E-state index contributed by atoms with van der Waals surface area (Å²) in [5.74, 6) is 0.0792. The molecule has 27 heavy (non-hydrogen) atoms. The summed E-state index contributed by atoms with van der Waals surface area (Å²) < 4.78 is 6.59. The summed E-state index contributed by atoms with van der Waals surface area (Å²) in [4.78, 5) is 31.2. The lowest BCUT2D eigenvalue weighted by Gasteiger charge is -2.24. The lowest BCUT2D eigenvalue weighted by Crippen LogP contribution is -2.44. The van der Waals surface area contributed by atoms with Crippen LogP contribution in [0.15, 0.2) is 23.0 Å². The number of ether oxygens (including phenoxy) is 1. The average Bonchev–Trinajstić information content (AvgIpc) is 2.90. The number of hydrogen-bond donors (Lipinski definition) is 1. The van der Waals surface area contributed by atoms with Crippen LogP contribution in [0.2, 0.25) is 0 Å². The highest BCUT2D eigenvalue weighted by Crippen LogP contribution is 2.37. The lowest BCUT2D eigenvalue weighted by molar-refractivity contribution is -0.145. The number of nitrogens with zero attached hydrogens (tertiary/aromatic N) is 2. The Kier molecular flexibility index (Phi) is 4.59. The molecule has 0 radical (unpaired) electrons. The van der Waals surface area contributed by atoms with Crippen molar-refractivity contribution in [2.24, 2.45) is 0 Å². The van der Waals surface area contributed by atoms with Crippen LogP contribution >= 0.6 is 11.3 Å². The first-order chi connectivity index (χ1) is 12.6. The molecule has 0 aliphatic carbocycles. The van der Waals surface area contributed by atoms with Gasteiger partial charge in [0.2, 0.25) is 0 Å². The maximum Gasteiger partial charge on any atom is 0.329 e. The molecule has 0 unspecified atom stereocenters. The minimum absolute atomic E-state index is 0.335. The van der Waals surface area contributed by atoms with Crippen molar-refractivity contribution >= 4 is 27.5 Å². The molecule has 1 N–H and O–H groups in total. The van der Waals surface area contributed by atoms with Crippen LogP contribution in [0.3, 0.4) is 0 Å². The SMILES string of the molecule is COc1ccc(-c2c(C)sc3nc(C)n(C(C)(C)C(=O)O)c(=O)c23)cc1C. The largest absolute Gasteiger partial charge is 0.496 e. The minimum atomic E-state index is -1.40. The molecule has 2 aromatic heterocycles. The maximum atomic E-state index is 13.4. The Morgan fingerprint density at radius 1 is 1.26 bits per heavy atom. The summed E-state index contributed by atoms with van der Waals surface area (Å²) in [5.41, 5.74) is 0.913. The first-order valence-corrected chi connectivity index (χ1v) is 9.33. The molecular weight excluding hydrogens is 364 g/mol. The summed E-state index contributed by atoms with van der Waals surface area (Å²) in [5, 5.41) is 10.1. The molecule has 0 aliphatic rings. The second kappa shape index (κ2) is 6.49. The topological polar surface area (TPSA) is 81.4 Å². The number of aliphatic carboxylic acids is 1. The van der Waals surface area contributed by atoms with Gasteiger partial charge in [-0.05, 0) is 57.9 Å². The average molecular weight is 386 g/mol. The van der Waals surface area contributed by atoms with E-state index in [2.05, 4.69) is 4.98 Å². The first-order valence-electron chi connectivity index (χ1n) is 8.51. The maximum absolute atomic E-state index is 13.4. The quantitative estimate of drug-likeness (QED) is 0.736. The molecule has 0 bridgehead atoms. The fourth-order valence-corrected chi connectivity index (χ4v) is 4.48. The number of carbonyl (C=O) groups is 1. The number of fused-ring (bicyclic) bond motifs is 1. The second-order valence-electron chi connectivity index (χ2n) is 7.06. The van der Waals surface area contributed by atoms with Crippen molar-refractivity contribution in [3.05, 3.63) is 44.8 Å². The van der Waals surface area contributed by atoms with E-state index < -0.39 is 11.5 Å². The normalized spacial score (nSPS) is 11.8. The van der Waals surface area contributed by atoms with Crippen molar-refractivity contribution < 1.29 is 14.6 Å². The van der Waals surface area contributed by atoms with Gasteiger partial charge in [-0.3, -0.25) is 9.36 Å². The zero-order valence-corrected chi connectivity index (χ0v) is 17.0. The Morgan fingerprint density at radius 2 is 1.93 bits per heavy atom. The van der Waals surface area contributed by atoms with Gasteiger partial charge in [-0.2, -0.15) is 0 Å². The minimum Gasteiger partial charge on any atom is -0.496 e. The Morgan fingerprint density at radius 3 is 2.48 bits per heavy atom. The van der Waals surface area contributed by atoms with Gasteiger partial charge in [0.25, 0.3) is 5.56 Å². The third-order valence-electron chi connectivity index (χ3n) is 4.84. The summed E-state index contributed by atoms with van der Waals surface area (Å²) in [6.07, 6.45) is 0. The van der Waals surface area contributed by atoms with Crippen LogP contribution in [0.25, 0.3) is 21.3 Å². The van der Waals surface area contributed by atoms with Crippen molar-refractivity contribution in [2.75, 3.05) is 7.11 Å². The molecule has 1 aromatic carbocycles. The van der Waals surface area contributed by atoms with E-state index >= 15 is 0 Å². The third-order valence-corrected chi connectivity index (χ3v) is 5.83. The molecule has 7 heteroatoms. The summed E-state index contributed by atoms with van der Waals surface area (Å²) >= 11 is 1.44. The zero-order chi connectivity index (χ0) is 20.1. The van der Waals surface area contributed by atoms with E-state index in [9.17, 15) is 14.7 Å². The molecule has 0 atom stereocenters. The third kappa shape index (κ3) is 2.92. The van der Waals surface area contributed by atoms with E-state index in [4.69, 9.17) is 4.74 Å². The van der Waals surface area contributed by atoms with Gasteiger partial charge in [0, 0.05) is 10.4 Å². The predicted octanol–water partition coefficient (Wildman–Crippen LogP) is 3.88. The van der Waals surface area contributed by atoms with Crippen LogP contribution in [0, 0.1) is 20.8 Å². The number of methoxy groups -OCH3 is 1. The fraction of sp³-hybridized carbons (Fsp3) is 0.350. The summed E-state index contributed by atoms with van der Waals surface area (Å²) in [7, 11) is 1.62. The van der Waals surface area contributed by atoms with E-state index in [1.165, 1.54) is 29.8 Å². The number of carboxylic acid groups (broad SMARTS) is 1. The highest BCUT2D eigenvalue weighted by atomic mass is 32.1. The van der Waals surface area contributed by atoms with Crippen molar-refractivity contribution in [1.82, 2.24) is 9.55 Å². The molecule has 142 valence electrons. The van der Waals surface area contributed by atoms with Gasteiger partial charge in [-0.1, -0.05) is 6.07 Å². The van der Waals surface area contributed by atoms with E-state index in [1.807, 2.05) is 32.0 Å².